The molecule has 5 N–H and O–H groups in total. The number of aromatic hydroxyl groups is 1. The first-order valence-corrected chi connectivity index (χ1v) is 21.4. The smallest absolute Gasteiger partial charge is 0.347 e. The van der Waals surface area contributed by atoms with Crippen molar-refractivity contribution in [3.8, 4) is 11.5 Å². The van der Waals surface area contributed by atoms with Crippen molar-refractivity contribution in [3.05, 3.63) is 80.7 Å². The number of fused-ring (bicyclic) bond motifs is 1. The molecule has 1 fully saturated rings. The number of esters is 1. The second-order valence-electron chi connectivity index (χ2n) is 17.0. The molecule has 61 heavy (non-hydrogen) atoms. The highest BCUT2D eigenvalue weighted by atomic mass is 16.5. The molecule has 13 nitrogen and oxygen atoms in total. The molecular formula is C48H60N2O11. The van der Waals surface area contributed by atoms with E-state index in [4.69, 9.17) is 23.6 Å². The molecule has 13 heteroatoms. The number of phenols is 1. The van der Waals surface area contributed by atoms with Gasteiger partial charge in [0.05, 0.1) is 42.7 Å². The summed E-state index contributed by atoms with van der Waals surface area (Å²) in [6.07, 6.45) is 8.89. The number of nitrogens with one attached hydrogen (secondary N) is 1. The maximum atomic E-state index is 14.5. The van der Waals surface area contributed by atoms with Gasteiger partial charge < -0.3 is 44.4 Å². The molecule has 2 heterocycles. The molecule has 1 aromatic heterocycles. The molecule has 0 spiro atoms. The monoisotopic (exact) mass is 840 g/mol. The van der Waals surface area contributed by atoms with E-state index in [2.05, 4.69) is 5.32 Å². The quantitative estimate of drug-likeness (QED) is 0.0575. The average Bonchev–Trinajstić information content (AvgIpc) is 3.25. The zero-order chi connectivity index (χ0) is 44.4. The zero-order valence-corrected chi connectivity index (χ0v) is 36.6. The van der Waals surface area contributed by atoms with Gasteiger partial charge in [0.25, 0.3) is 5.91 Å². The molecule has 328 valence electrons. The van der Waals surface area contributed by atoms with Crippen molar-refractivity contribution < 1.29 is 48.6 Å². The van der Waals surface area contributed by atoms with Crippen LogP contribution in [0.3, 0.4) is 0 Å². The number of carbonyl (C=O) groups is 2. The van der Waals surface area contributed by atoms with Gasteiger partial charge in [-0.25, -0.2) is 9.78 Å². The van der Waals surface area contributed by atoms with Gasteiger partial charge in [0.1, 0.15) is 28.0 Å². The number of amides is 1. The van der Waals surface area contributed by atoms with Gasteiger partial charge in [-0.3, -0.25) is 9.59 Å². The number of aromatic nitrogens is 1. The fraction of sp³-hybridized carbons (Fsp3) is 0.500. The van der Waals surface area contributed by atoms with Crippen molar-refractivity contribution in [1.29, 1.82) is 0 Å². The zero-order valence-electron chi connectivity index (χ0n) is 36.6. The van der Waals surface area contributed by atoms with Crippen molar-refractivity contribution in [3.63, 3.8) is 0 Å². The van der Waals surface area contributed by atoms with Crippen LogP contribution in [-0.4, -0.2) is 75.4 Å². The third kappa shape index (κ3) is 8.84. The third-order valence-corrected chi connectivity index (χ3v) is 12.9. The summed E-state index contributed by atoms with van der Waals surface area (Å²) < 4.78 is 24.0. The summed E-state index contributed by atoms with van der Waals surface area (Å²) in [5, 5.41) is 48.5. The second-order valence-corrected chi connectivity index (χ2v) is 17.0. The lowest BCUT2D eigenvalue weighted by molar-refractivity contribution is -0.112. The number of ether oxygens (including phenoxy) is 3. The van der Waals surface area contributed by atoms with Gasteiger partial charge in [-0.15, -0.1) is 0 Å². The maximum Gasteiger partial charge on any atom is 0.347 e. The topological polar surface area (TPSA) is 198 Å². The predicted molar refractivity (Wildman–Crippen MR) is 235 cm³/mol. The molecule has 1 saturated carbocycles. The first-order chi connectivity index (χ1) is 29.0. The Hall–Kier alpha value is -5.08. The minimum atomic E-state index is -1.11. The minimum Gasteiger partial charge on any atom is -0.505 e. The van der Waals surface area contributed by atoms with E-state index in [0.29, 0.717) is 17.0 Å². The third-order valence-electron chi connectivity index (χ3n) is 12.9. The Labute approximate surface area is 356 Å². The Bertz CT molecular complexity index is 2460. The summed E-state index contributed by atoms with van der Waals surface area (Å²) in [5.41, 5.74) is 2.01. The van der Waals surface area contributed by atoms with E-state index >= 15 is 0 Å². The average molecular weight is 841 g/mol. The van der Waals surface area contributed by atoms with E-state index in [-0.39, 0.29) is 56.6 Å². The molecule has 1 aliphatic carbocycles. The van der Waals surface area contributed by atoms with Crippen LogP contribution >= 0.6 is 0 Å². The second kappa shape index (κ2) is 18.9. The van der Waals surface area contributed by atoms with Crippen molar-refractivity contribution in [2.45, 2.75) is 118 Å². The summed E-state index contributed by atoms with van der Waals surface area (Å²) in [6.45, 7) is 13.7. The number of phenolic OH excluding ortho intramolecular Hbond substituents is 1. The number of cyclic esters (lactones) is 1. The summed E-state index contributed by atoms with van der Waals surface area (Å²) in [5.74, 6) is -4.42. The number of allylic oxidation sites excluding steroid dienone is 2. The summed E-state index contributed by atoms with van der Waals surface area (Å²) in [7, 11) is 1.44. The lowest BCUT2D eigenvalue weighted by Crippen LogP contribution is -2.44. The number of aliphatic hydroxyl groups excluding tert-OH is 3. The SMILES string of the molecule is CCOc1c(C)c(=O)c2c(O)c3c4oc5cc(C)c(C6CCCCC6)cc5nc4c2c1C(=O)O/C=C/[C@H](OC)[C@@H](C)[C@@H](O)[C@H](C)[C@H](O)[C@H](C)[C@@H](O)[C@@H](C)/C=C/C=C(/C)C(=O)N3. The van der Waals surface area contributed by atoms with Gasteiger partial charge in [0, 0.05) is 47.3 Å². The highest BCUT2D eigenvalue weighted by Crippen LogP contribution is 2.45. The molecule has 3 aromatic carbocycles. The molecule has 8 atom stereocenters. The molecule has 0 saturated heterocycles. The number of rotatable bonds is 4. The van der Waals surface area contributed by atoms with Crippen LogP contribution in [0.5, 0.6) is 11.5 Å². The fourth-order valence-electron chi connectivity index (χ4n) is 9.06. The van der Waals surface area contributed by atoms with Crippen molar-refractivity contribution in [1.82, 2.24) is 4.98 Å². The number of anilines is 1. The number of methoxy groups -OCH3 is 1. The van der Waals surface area contributed by atoms with E-state index in [1.54, 1.807) is 53.7 Å². The number of hydrogen-bond donors (Lipinski definition) is 5. The van der Waals surface area contributed by atoms with Crippen molar-refractivity contribution >= 4 is 50.5 Å². The van der Waals surface area contributed by atoms with Gasteiger partial charge >= 0.3 is 5.97 Å². The number of carbonyl (C=O) groups excluding carboxylic acids is 2. The van der Waals surface area contributed by atoms with E-state index in [1.165, 1.54) is 32.6 Å². The largest absolute Gasteiger partial charge is 0.505 e. The predicted octanol–water partition coefficient (Wildman–Crippen LogP) is 8.03. The lowest BCUT2D eigenvalue weighted by atomic mass is 9.78. The van der Waals surface area contributed by atoms with Crippen LogP contribution in [0.25, 0.3) is 33.0 Å². The highest BCUT2D eigenvalue weighted by molar-refractivity contribution is 6.23. The molecular weight excluding hydrogens is 781 g/mol. The Balaban J connectivity index is 1.65. The molecule has 0 radical (unpaired) electrons. The van der Waals surface area contributed by atoms with Gasteiger partial charge in [-0.05, 0) is 75.8 Å². The van der Waals surface area contributed by atoms with Gasteiger partial charge in [-0.1, -0.05) is 65.2 Å². The summed E-state index contributed by atoms with van der Waals surface area (Å²) in [4.78, 5) is 47.8. The van der Waals surface area contributed by atoms with Crippen LogP contribution in [0, 0.1) is 37.5 Å². The number of nitrogens with zero attached hydrogens (tertiary/aromatic N) is 1. The normalized spacial score (nSPS) is 28.4. The van der Waals surface area contributed by atoms with Gasteiger partial charge in [0.2, 0.25) is 0 Å². The van der Waals surface area contributed by atoms with Crippen LogP contribution in [0.2, 0.25) is 0 Å². The first-order valence-electron chi connectivity index (χ1n) is 21.4. The summed E-state index contributed by atoms with van der Waals surface area (Å²) in [6, 6.07) is 3.86. The van der Waals surface area contributed by atoms with Crippen LogP contribution in [0.15, 0.2) is 57.5 Å². The van der Waals surface area contributed by atoms with E-state index < -0.39 is 71.1 Å². The molecule has 1 aliphatic heterocycles. The first kappa shape index (κ1) is 45.4. The summed E-state index contributed by atoms with van der Waals surface area (Å²) >= 11 is 0. The van der Waals surface area contributed by atoms with Gasteiger partial charge in [-0.2, -0.15) is 0 Å². The Kier molecular flexibility index (Phi) is 14.1. The maximum absolute atomic E-state index is 14.5. The molecule has 0 unspecified atom stereocenters. The van der Waals surface area contributed by atoms with Crippen LogP contribution in [0.1, 0.15) is 107 Å². The van der Waals surface area contributed by atoms with E-state index in [9.17, 15) is 34.8 Å². The molecule has 6 rings (SSSR count). The van der Waals surface area contributed by atoms with Crippen LogP contribution in [-0.2, 0) is 14.3 Å². The number of benzene rings is 3. The van der Waals surface area contributed by atoms with Crippen molar-refractivity contribution in [2.24, 2.45) is 23.7 Å². The highest BCUT2D eigenvalue weighted by Gasteiger charge is 2.37. The molecule has 2 bridgehead atoms. The van der Waals surface area contributed by atoms with E-state index in [1.807, 2.05) is 19.1 Å². The number of aryl methyl sites for hydroxylation is 1. The number of aliphatic hydroxyl groups is 3. The molecule has 4 aromatic rings. The fourth-order valence-corrected chi connectivity index (χ4v) is 9.06. The molecule has 1 amide bonds. The van der Waals surface area contributed by atoms with Crippen LogP contribution in [0.4, 0.5) is 5.69 Å². The Morgan fingerprint density at radius 3 is 2.23 bits per heavy atom. The lowest BCUT2D eigenvalue weighted by Gasteiger charge is -2.36. The van der Waals surface area contributed by atoms with Gasteiger partial charge in [0.15, 0.2) is 22.3 Å². The Morgan fingerprint density at radius 1 is 0.885 bits per heavy atom. The number of hydrogen-bond acceptors (Lipinski definition) is 12. The van der Waals surface area contributed by atoms with Crippen LogP contribution < -0.4 is 15.5 Å². The molecule has 2 aliphatic rings. The Morgan fingerprint density at radius 2 is 1.56 bits per heavy atom. The van der Waals surface area contributed by atoms with E-state index in [0.717, 1.165) is 43.1 Å². The minimum absolute atomic E-state index is 0.0129. The standard InChI is InChI=1S/C48H60N2O11/c1-10-59-45-29(8)43(54)36-35-37(45)48(57)60-20-19-33(58-9)26(5)41(52)28(7)42(53)27(6)40(51)23(2)15-14-16-24(3)47(56)50-39(44(36)55)46-38(35)49-32-22-31(25(4)21-34(32)61-46)30-17-12-11-13-18-30/h14-16,19-23,26-28,30,33,40-42,51-53,55H,10-13,17-18H2,1-9H3,(H,50,56)/b15-14+,20-19+,24-16-/t23-,26+,27+,28-,33-,40-,41+,42+/m0/s1. The van der Waals surface area contributed by atoms with Crippen molar-refractivity contribution in [2.75, 3.05) is 19.0 Å².